The Kier molecular flexibility index (Phi) is 1.52. The first-order valence-electron chi connectivity index (χ1n) is 2.15. The highest BCUT2D eigenvalue weighted by Crippen LogP contribution is 2.06. The van der Waals surface area contributed by atoms with Gasteiger partial charge in [0.25, 0.3) is 0 Å². The first-order chi connectivity index (χ1) is 3.39. The van der Waals surface area contributed by atoms with Gasteiger partial charge >= 0.3 is 0 Å². The maximum absolute atomic E-state index is 3.32. The van der Waals surface area contributed by atoms with Crippen LogP contribution in [-0.2, 0) is 0 Å². The highest BCUT2D eigenvalue weighted by atomic mass is 79.9. The van der Waals surface area contributed by atoms with E-state index in [9.17, 15) is 0 Å². The average molecular weight is 160 g/mol. The van der Waals surface area contributed by atoms with Crippen molar-refractivity contribution in [1.29, 1.82) is 0 Å². The second-order valence-electron chi connectivity index (χ2n) is 1.33. The number of allylic oxidation sites excluding steroid dienone is 2. The predicted octanol–water partition coefficient (Wildman–Crippen LogP) is 1.38. The van der Waals surface area contributed by atoms with E-state index >= 15 is 0 Å². The molecule has 1 rings (SSSR count). The monoisotopic (exact) mass is 159 g/mol. The summed E-state index contributed by atoms with van der Waals surface area (Å²) >= 11 is 3.32. The summed E-state index contributed by atoms with van der Waals surface area (Å²) in [6, 6.07) is 0. The number of nitrogens with one attached hydrogen (secondary N) is 1. The molecule has 0 aromatic carbocycles. The number of halogens is 1. The van der Waals surface area contributed by atoms with Crippen LogP contribution in [-0.4, -0.2) is 6.54 Å². The van der Waals surface area contributed by atoms with Crippen molar-refractivity contribution in [3.8, 4) is 0 Å². The lowest BCUT2D eigenvalue weighted by Crippen LogP contribution is -2.06. The molecule has 0 unspecified atom stereocenters. The van der Waals surface area contributed by atoms with Crippen LogP contribution >= 0.6 is 15.9 Å². The first kappa shape index (κ1) is 4.91. The van der Waals surface area contributed by atoms with Crippen LogP contribution in [0.2, 0.25) is 0 Å². The van der Waals surface area contributed by atoms with Crippen LogP contribution in [0.25, 0.3) is 0 Å². The SMILES string of the molecule is BrC1=CCNC=C1. The zero-order valence-corrected chi connectivity index (χ0v) is 5.40. The molecule has 0 fully saturated rings. The minimum atomic E-state index is 0.942. The Hall–Kier alpha value is -0.240. The number of dihydropyridines is 1. The highest BCUT2D eigenvalue weighted by Gasteiger charge is 1.86. The Labute approximate surface area is 51.2 Å². The molecule has 0 aromatic rings. The molecule has 0 saturated heterocycles. The number of hydrogen-bond donors (Lipinski definition) is 1. The van der Waals surface area contributed by atoms with Crippen molar-refractivity contribution in [3.05, 3.63) is 22.8 Å². The first-order valence-corrected chi connectivity index (χ1v) is 2.94. The molecule has 1 N–H and O–H groups in total. The van der Waals surface area contributed by atoms with Crippen molar-refractivity contribution < 1.29 is 0 Å². The molecule has 1 nitrogen and oxygen atoms in total. The van der Waals surface area contributed by atoms with Crippen LogP contribution < -0.4 is 5.32 Å². The molecule has 0 radical (unpaired) electrons. The topological polar surface area (TPSA) is 12.0 Å². The minimum absolute atomic E-state index is 0.942. The van der Waals surface area contributed by atoms with Crippen LogP contribution in [0, 0.1) is 0 Å². The van der Waals surface area contributed by atoms with E-state index < -0.39 is 0 Å². The predicted molar refractivity (Wildman–Crippen MR) is 34.2 cm³/mol. The van der Waals surface area contributed by atoms with Crippen molar-refractivity contribution in [2.75, 3.05) is 6.54 Å². The molecule has 1 aliphatic heterocycles. The van der Waals surface area contributed by atoms with Gasteiger partial charge in [0.15, 0.2) is 0 Å². The lowest BCUT2D eigenvalue weighted by atomic mass is 10.4. The third kappa shape index (κ3) is 1.35. The molecular weight excluding hydrogens is 154 g/mol. The molecule has 1 heterocycles. The molecule has 0 aromatic heterocycles. The van der Waals surface area contributed by atoms with Gasteiger partial charge in [-0.25, -0.2) is 0 Å². The molecule has 0 saturated carbocycles. The largest absolute Gasteiger partial charge is 0.387 e. The van der Waals surface area contributed by atoms with Crippen molar-refractivity contribution in [2.45, 2.75) is 0 Å². The Bertz CT molecular complexity index is 115. The number of rotatable bonds is 0. The van der Waals surface area contributed by atoms with E-state index in [1.54, 1.807) is 0 Å². The maximum Gasteiger partial charge on any atom is 0.0339 e. The summed E-state index contributed by atoms with van der Waals surface area (Å²) in [5.74, 6) is 0. The van der Waals surface area contributed by atoms with E-state index in [1.165, 1.54) is 0 Å². The molecule has 0 amide bonds. The standard InChI is InChI=1S/C5H6BrN/c6-5-1-3-7-4-2-5/h1-3,7H,4H2. The Morgan fingerprint density at radius 2 is 2.57 bits per heavy atom. The second-order valence-corrected chi connectivity index (χ2v) is 2.25. The van der Waals surface area contributed by atoms with Gasteiger partial charge in [0, 0.05) is 11.0 Å². The van der Waals surface area contributed by atoms with Crippen LogP contribution in [0.1, 0.15) is 0 Å². The van der Waals surface area contributed by atoms with Gasteiger partial charge in [0.05, 0.1) is 0 Å². The van der Waals surface area contributed by atoms with Crippen molar-refractivity contribution in [3.63, 3.8) is 0 Å². The fourth-order valence-corrected chi connectivity index (χ4v) is 0.725. The minimum Gasteiger partial charge on any atom is -0.387 e. The van der Waals surface area contributed by atoms with E-state index in [-0.39, 0.29) is 0 Å². The van der Waals surface area contributed by atoms with Gasteiger partial charge in [-0.3, -0.25) is 0 Å². The van der Waals surface area contributed by atoms with E-state index in [0.29, 0.717) is 0 Å². The van der Waals surface area contributed by atoms with Crippen molar-refractivity contribution >= 4 is 15.9 Å². The fraction of sp³-hybridized carbons (Fsp3) is 0.200. The summed E-state index contributed by atoms with van der Waals surface area (Å²) in [7, 11) is 0. The fourth-order valence-electron chi connectivity index (χ4n) is 0.431. The summed E-state index contributed by atoms with van der Waals surface area (Å²) in [6.07, 6.45) is 5.97. The van der Waals surface area contributed by atoms with Crippen LogP contribution in [0.4, 0.5) is 0 Å². The molecule has 0 bridgehead atoms. The Morgan fingerprint density at radius 1 is 1.71 bits per heavy atom. The summed E-state index contributed by atoms with van der Waals surface area (Å²) in [5.41, 5.74) is 0. The zero-order chi connectivity index (χ0) is 5.11. The highest BCUT2D eigenvalue weighted by molar-refractivity contribution is 9.11. The average Bonchev–Trinajstić information content (AvgIpc) is 1.69. The van der Waals surface area contributed by atoms with Gasteiger partial charge in [0.2, 0.25) is 0 Å². The smallest absolute Gasteiger partial charge is 0.0339 e. The summed E-state index contributed by atoms with van der Waals surface area (Å²) in [6.45, 7) is 0.942. The molecule has 0 spiro atoms. The molecule has 1 aliphatic rings. The van der Waals surface area contributed by atoms with Crippen molar-refractivity contribution in [2.24, 2.45) is 0 Å². The van der Waals surface area contributed by atoms with Crippen molar-refractivity contribution in [1.82, 2.24) is 5.32 Å². The third-order valence-corrected chi connectivity index (χ3v) is 1.36. The van der Waals surface area contributed by atoms with Gasteiger partial charge in [-0.15, -0.1) is 0 Å². The van der Waals surface area contributed by atoms with E-state index in [4.69, 9.17) is 0 Å². The molecular formula is C5H6BrN. The Morgan fingerprint density at radius 3 is 2.86 bits per heavy atom. The lowest BCUT2D eigenvalue weighted by Gasteiger charge is -1.99. The van der Waals surface area contributed by atoms with E-state index in [0.717, 1.165) is 11.0 Å². The lowest BCUT2D eigenvalue weighted by molar-refractivity contribution is 0.970. The van der Waals surface area contributed by atoms with Gasteiger partial charge in [-0.2, -0.15) is 0 Å². The van der Waals surface area contributed by atoms with Gasteiger partial charge < -0.3 is 5.32 Å². The molecule has 0 atom stereocenters. The molecule has 7 heavy (non-hydrogen) atoms. The van der Waals surface area contributed by atoms with Gasteiger partial charge in [-0.05, 0) is 12.3 Å². The normalized spacial score (nSPS) is 18.1. The molecule has 38 valence electrons. The van der Waals surface area contributed by atoms with E-state index in [2.05, 4.69) is 27.3 Å². The molecule has 0 aliphatic carbocycles. The maximum atomic E-state index is 3.32. The third-order valence-electron chi connectivity index (χ3n) is 0.775. The van der Waals surface area contributed by atoms with Crippen LogP contribution in [0.5, 0.6) is 0 Å². The second kappa shape index (κ2) is 2.17. The number of hydrogen-bond acceptors (Lipinski definition) is 1. The Balaban J connectivity index is 2.58. The summed E-state index contributed by atoms with van der Waals surface area (Å²) in [5, 5.41) is 3.03. The van der Waals surface area contributed by atoms with Gasteiger partial charge in [-0.1, -0.05) is 22.0 Å². The zero-order valence-electron chi connectivity index (χ0n) is 3.82. The summed E-state index contributed by atoms with van der Waals surface area (Å²) in [4.78, 5) is 0. The quantitative estimate of drug-likeness (QED) is 0.564. The van der Waals surface area contributed by atoms with Crippen LogP contribution in [0.15, 0.2) is 22.8 Å². The summed E-state index contributed by atoms with van der Waals surface area (Å²) < 4.78 is 1.16. The van der Waals surface area contributed by atoms with Crippen LogP contribution in [0.3, 0.4) is 0 Å². The van der Waals surface area contributed by atoms with E-state index in [1.807, 2.05) is 12.3 Å². The molecule has 2 heteroatoms. The van der Waals surface area contributed by atoms with Gasteiger partial charge in [0.1, 0.15) is 0 Å².